The predicted molar refractivity (Wildman–Crippen MR) is 160 cm³/mol. The minimum Gasteiger partial charge on any atom is -0.478 e. The van der Waals surface area contributed by atoms with Crippen molar-refractivity contribution >= 4 is 44.7 Å². The Kier molecular flexibility index (Phi) is 7.11. The number of hydrogen-bond acceptors (Lipinski definition) is 5. The van der Waals surface area contributed by atoms with Gasteiger partial charge < -0.3 is 19.9 Å². The number of aromatic carboxylic acids is 1. The zero-order chi connectivity index (χ0) is 28.8. The molecule has 0 radical (unpaired) electrons. The molecular formula is C29H29N5O4S2. The summed E-state index contributed by atoms with van der Waals surface area (Å²) in [5.74, 6) is -0.982. The van der Waals surface area contributed by atoms with Crippen molar-refractivity contribution in [2.75, 3.05) is 15.9 Å². The Balaban J connectivity index is 1.65. The first-order valence-electron chi connectivity index (χ1n) is 12.6. The van der Waals surface area contributed by atoms with Crippen molar-refractivity contribution in [2.45, 2.75) is 32.9 Å². The van der Waals surface area contributed by atoms with Crippen LogP contribution in [-0.4, -0.2) is 40.4 Å². The number of rotatable bonds is 7. The molecule has 2 aromatic carbocycles. The molecule has 1 saturated heterocycles. The summed E-state index contributed by atoms with van der Waals surface area (Å²) in [6.07, 6.45) is 2.85. The number of thiocarbonyl (C=S) groups is 1. The summed E-state index contributed by atoms with van der Waals surface area (Å²) in [5, 5.41) is 13.6. The summed E-state index contributed by atoms with van der Waals surface area (Å²) < 4.78 is 28.0. The number of carboxylic acid groups (broad SMARTS) is 1. The second-order valence-corrected chi connectivity index (χ2v) is 12.0. The molecular weight excluding hydrogens is 546 g/mol. The molecule has 9 nitrogen and oxygen atoms in total. The molecule has 4 aromatic rings. The molecule has 5 rings (SSSR count). The molecule has 1 fully saturated rings. The van der Waals surface area contributed by atoms with Crippen molar-refractivity contribution in [3.05, 3.63) is 107 Å². The van der Waals surface area contributed by atoms with Gasteiger partial charge in [-0.2, -0.15) is 0 Å². The third kappa shape index (κ3) is 5.17. The van der Waals surface area contributed by atoms with E-state index < -0.39 is 16.0 Å². The first kappa shape index (κ1) is 27.4. The molecule has 0 bridgehead atoms. The van der Waals surface area contributed by atoms with Crippen LogP contribution >= 0.6 is 12.2 Å². The van der Waals surface area contributed by atoms with Crippen LogP contribution in [0.1, 0.15) is 50.7 Å². The van der Waals surface area contributed by atoms with Gasteiger partial charge in [0.1, 0.15) is 0 Å². The quantitative estimate of drug-likeness (QED) is 0.262. The molecule has 2 atom stereocenters. The molecule has 0 unspecified atom stereocenters. The first-order valence-corrected chi connectivity index (χ1v) is 14.9. The number of pyridine rings is 1. The highest BCUT2D eigenvalue weighted by Gasteiger charge is 2.42. The fourth-order valence-corrected chi connectivity index (χ4v) is 6.20. The fraction of sp³-hybridized carbons (Fsp3) is 0.207. The largest absolute Gasteiger partial charge is 0.478 e. The zero-order valence-electron chi connectivity index (χ0n) is 22.4. The number of sulfonamides is 1. The van der Waals surface area contributed by atoms with E-state index in [1.807, 2.05) is 62.1 Å². The van der Waals surface area contributed by atoms with Gasteiger partial charge in [0, 0.05) is 34.6 Å². The maximum Gasteiger partial charge on any atom is 0.335 e. The molecule has 0 saturated carbocycles. The van der Waals surface area contributed by atoms with E-state index in [0.717, 1.165) is 45.8 Å². The van der Waals surface area contributed by atoms with E-state index in [4.69, 9.17) is 12.2 Å². The van der Waals surface area contributed by atoms with E-state index in [1.165, 1.54) is 0 Å². The van der Waals surface area contributed by atoms with Gasteiger partial charge in [0.2, 0.25) is 10.0 Å². The molecule has 0 aliphatic carbocycles. The van der Waals surface area contributed by atoms with Crippen LogP contribution in [0, 0.1) is 20.8 Å². The van der Waals surface area contributed by atoms with Gasteiger partial charge in [0.25, 0.3) is 0 Å². The molecule has 0 amide bonds. The van der Waals surface area contributed by atoms with Crippen molar-refractivity contribution < 1.29 is 18.3 Å². The fourth-order valence-electron chi connectivity index (χ4n) is 5.29. The van der Waals surface area contributed by atoms with Gasteiger partial charge in [0.15, 0.2) is 5.11 Å². The highest BCUT2D eigenvalue weighted by Crippen LogP contribution is 2.44. The van der Waals surface area contributed by atoms with Gasteiger partial charge in [-0.05, 0) is 98.7 Å². The second kappa shape index (κ2) is 10.4. The molecule has 40 heavy (non-hydrogen) atoms. The molecule has 3 N–H and O–H groups in total. The van der Waals surface area contributed by atoms with Crippen LogP contribution in [-0.2, 0) is 10.0 Å². The number of carbonyl (C=O) groups is 1. The number of aromatic nitrogens is 2. The van der Waals surface area contributed by atoms with E-state index in [-0.39, 0.29) is 17.6 Å². The molecule has 2 aromatic heterocycles. The number of nitrogens with one attached hydrogen (secondary N) is 2. The Morgan fingerprint density at radius 2 is 1.77 bits per heavy atom. The van der Waals surface area contributed by atoms with Gasteiger partial charge in [-0.15, -0.1) is 0 Å². The highest BCUT2D eigenvalue weighted by atomic mass is 32.2. The van der Waals surface area contributed by atoms with Gasteiger partial charge in [-0.3, -0.25) is 9.71 Å². The van der Waals surface area contributed by atoms with E-state index >= 15 is 0 Å². The number of benzene rings is 2. The minimum atomic E-state index is -3.41. The number of carboxylic acids is 1. The van der Waals surface area contributed by atoms with Gasteiger partial charge in [-0.25, -0.2) is 13.2 Å². The van der Waals surface area contributed by atoms with Crippen LogP contribution in [0.4, 0.5) is 11.4 Å². The first-order chi connectivity index (χ1) is 18.9. The Hall–Kier alpha value is -4.22. The summed E-state index contributed by atoms with van der Waals surface area (Å²) in [4.78, 5) is 18.4. The molecule has 206 valence electrons. The zero-order valence-corrected chi connectivity index (χ0v) is 24.0. The van der Waals surface area contributed by atoms with Crippen LogP contribution in [0.2, 0.25) is 0 Å². The maximum absolute atomic E-state index is 11.7. The summed E-state index contributed by atoms with van der Waals surface area (Å²) >= 11 is 5.84. The number of aryl methyl sites for hydroxylation is 2. The number of nitrogens with zero attached hydrogens (tertiary/aromatic N) is 3. The lowest BCUT2D eigenvalue weighted by Crippen LogP contribution is -2.29. The summed E-state index contributed by atoms with van der Waals surface area (Å²) in [6, 6.07) is 19.5. The lowest BCUT2D eigenvalue weighted by molar-refractivity contribution is 0.0697. The lowest BCUT2D eigenvalue weighted by atomic mass is 9.96. The van der Waals surface area contributed by atoms with Crippen LogP contribution in [0.25, 0.3) is 5.69 Å². The van der Waals surface area contributed by atoms with E-state index in [0.29, 0.717) is 10.8 Å². The van der Waals surface area contributed by atoms with Crippen LogP contribution in [0.3, 0.4) is 0 Å². The molecule has 3 heterocycles. The van der Waals surface area contributed by atoms with Gasteiger partial charge >= 0.3 is 5.97 Å². The van der Waals surface area contributed by atoms with Crippen molar-refractivity contribution in [1.82, 2.24) is 14.9 Å². The standard InChI is InChI=1S/C29H29N5O4S2/c1-17-8-9-20(28(35)36)16-25(17)33-18(2)15-23(19(33)3)27-26(24-7-5-6-14-30-24)31-29(39)34(27)22-12-10-21(11-13-22)32-40(4,37)38/h5-16,26-27,32H,1-4H3,(H,31,39)(H,35,36)/t26-,27-/m1/s1. The second-order valence-electron chi connectivity index (χ2n) is 9.89. The summed E-state index contributed by atoms with van der Waals surface area (Å²) in [6.45, 7) is 5.97. The van der Waals surface area contributed by atoms with Crippen molar-refractivity contribution in [3.8, 4) is 5.69 Å². The van der Waals surface area contributed by atoms with Gasteiger partial charge in [-0.1, -0.05) is 12.1 Å². The average molecular weight is 576 g/mol. The highest BCUT2D eigenvalue weighted by molar-refractivity contribution is 7.92. The van der Waals surface area contributed by atoms with E-state index in [1.54, 1.807) is 30.5 Å². The summed E-state index contributed by atoms with van der Waals surface area (Å²) in [5.41, 5.74) is 6.92. The third-order valence-corrected chi connectivity index (χ3v) is 7.95. The molecule has 1 aliphatic rings. The minimum absolute atomic E-state index is 0.217. The van der Waals surface area contributed by atoms with Crippen molar-refractivity contribution in [3.63, 3.8) is 0 Å². The number of anilines is 2. The Bertz CT molecular complexity index is 1720. The third-order valence-electron chi connectivity index (χ3n) is 7.03. The van der Waals surface area contributed by atoms with Crippen LogP contribution in [0.5, 0.6) is 0 Å². The summed E-state index contributed by atoms with van der Waals surface area (Å²) in [7, 11) is -3.41. The monoisotopic (exact) mass is 575 g/mol. The predicted octanol–water partition coefficient (Wildman–Crippen LogP) is 5.04. The maximum atomic E-state index is 11.7. The van der Waals surface area contributed by atoms with E-state index in [9.17, 15) is 18.3 Å². The Morgan fingerprint density at radius 1 is 1.05 bits per heavy atom. The van der Waals surface area contributed by atoms with Gasteiger partial charge in [0.05, 0.1) is 29.6 Å². The molecule has 11 heteroatoms. The Morgan fingerprint density at radius 3 is 2.40 bits per heavy atom. The smallest absolute Gasteiger partial charge is 0.335 e. The molecule has 0 spiro atoms. The lowest BCUT2D eigenvalue weighted by Gasteiger charge is -2.28. The van der Waals surface area contributed by atoms with Crippen molar-refractivity contribution in [2.24, 2.45) is 0 Å². The SMILES string of the molecule is Cc1ccc(C(=O)O)cc1-n1c(C)cc([C@@H]2[C@@H](c3ccccn3)NC(=S)N2c2ccc(NS(C)(=O)=O)cc2)c1C. The van der Waals surface area contributed by atoms with E-state index in [2.05, 4.69) is 25.7 Å². The average Bonchev–Trinajstić information content (AvgIpc) is 3.39. The number of hydrogen-bond donors (Lipinski definition) is 3. The molecule has 1 aliphatic heterocycles. The Labute approximate surface area is 238 Å². The van der Waals surface area contributed by atoms with Crippen LogP contribution < -0.4 is 14.9 Å². The van der Waals surface area contributed by atoms with Crippen LogP contribution in [0.15, 0.2) is 72.9 Å². The normalized spacial score (nSPS) is 17.1. The topological polar surface area (TPSA) is 117 Å². The van der Waals surface area contributed by atoms with Crippen molar-refractivity contribution in [1.29, 1.82) is 0 Å².